The molecule has 0 aromatic carbocycles. The Morgan fingerprint density at radius 1 is 0.500 bits per heavy atom. The fraction of sp³-hybridized carbons (Fsp3) is 0. The first-order valence-electron chi connectivity index (χ1n) is 0. The fourth-order valence-corrected chi connectivity index (χ4v) is 0. The van der Waals surface area contributed by atoms with Crippen LogP contribution < -0.4 is 37.2 Å². The van der Waals surface area contributed by atoms with E-state index in [1.165, 1.54) is 0 Å². The van der Waals surface area contributed by atoms with Gasteiger partial charge in [-0.1, -0.05) is 0 Å². The predicted molar refractivity (Wildman–Crippen MR) is 5.75 cm³/mol. The van der Waals surface area contributed by atoms with Gasteiger partial charge >= 0.3 is 37.7 Å². The second-order valence-electron chi connectivity index (χ2n) is 0. The second kappa shape index (κ2) is 19.3. The summed E-state index contributed by atoms with van der Waals surface area (Å²) in [5.74, 6) is 0. The van der Waals surface area contributed by atoms with Crippen molar-refractivity contribution in [2.45, 2.75) is 0 Å². The molecule has 0 rings (SSSR count). The molecule has 0 aromatic heterocycles. The molecule has 0 fully saturated rings. The Bertz CT molecular complexity index is 3.25. The molecular formula is CaCl3-. The molecule has 0 saturated carbocycles. The minimum absolute atomic E-state index is 0. The molecule has 0 aliphatic carbocycles. The van der Waals surface area contributed by atoms with Crippen LogP contribution in [-0.4, -0.2) is 37.7 Å². The van der Waals surface area contributed by atoms with E-state index in [0.717, 1.165) is 0 Å². The molecule has 0 aliphatic heterocycles. The van der Waals surface area contributed by atoms with Crippen LogP contribution in [0.4, 0.5) is 0 Å². The van der Waals surface area contributed by atoms with Gasteiger partial charge in [-0.15, -0.1) is 0 Å². The Hall–Kier alpha value is 2.13. The molecular weight excluding hydrogens is 146 g/mol. The average Bonchev–Trinajstić information content (AvgIpc) is 0. The Balaban J connectivity index is 0. The zero-order valence-electron chi connectivity index (χ0n) is 1.84. The summed E-state index contributed by atoms with van der Waals surface area (Å²) in [7, 11) is 0. The summed E-state index contributed by atoms with van der Waals surface area (Å²) < 4.78 is 0. The molecule has 4 heteroatoms. The molecule has 0 nitrogen and oxygen atoms in total. The van der Waals surface area contributed by atoms with Crippen molar-refractivity contribution in [2.75, 3.05) is 0 Å². The molecule has 0 atom stereocenters. The molecule has 0 aromatic rings. The van der Waals surface area contributed by atoms with Gasteiger partial charge in [0.1, 0.15) is 0 Å². The third kappa shape index (κ3) is 8.92. The van der Waals surface area contributed by atoms with Crippen LogP contribution in [0.25, 0.3) is 0 Å². The first-order chi connectivity index (χ1) is 0. The maximum atomic E-state index is 0. The number of hydrogen-bond donors (Lipinski definition) is 0. The van der Waals surface area contributed by atoms with Gasteiger partial charge in [0.15, 0.2) is 0 Å². The van der Waals surface area contributed by atoms with Gasteiger partial charge in [-0.05, 0) is 0 Å². The fourth-order valence-electron chi connectivity index (χ4n) is 0. The van der Waals surface area contributed by atoms with Gasteiger partial charge in [-0.3, -0.25) is 0 Å². The second-order valence-corrected chi connectivity index (χ2v) is 0. The van der Waals surface area contributed by atoms with Crippen molar-refractivity contribution in [1.82, 2.24) is 0 Å². The van der Waals surface area contributed by atoms with Crippen LogP contribution in [0.1, 0.15) is 0 Å². The van der Waals surface area contributed by atoms with E-state index < -0.39 is 0 Å². The summed E-state index contributed by atoms with van der Waals surface area (Å²) in [6, 6.07) is 0. The monoisotopic (exact) mass is 145 g/mol. The summed E-state index contributed by atoms with van der Waals surface area (Å²) in [5, 5.41) is 0. The molecule has 0 amide bonds. The smallest absolute Gasteiger partial charge is 1.00 e. The quantitative estimate of drug-likeness (QED) is 0.298. The van der Waals surface area contributed by atoms with Gasteiger partial charge < -0.3 is 37.2 Å². The third-order valence-corrected chi connectivity index (χ3v) is 0. The van der Waals surface area contributed by atoms with Crippen molar-refractivity contribution in [3.63, 3.8) is 0 Å². The third-order valence-electron chi connectivity index (χ3n) is 0. The Morgan fingerprint density at radius 3 is 0.500 bits per heavy atom. The van der Waals surface area contributed by atoms with Gasteiger partial charge in [-0.2, -0.15) is 0 Å². The zero-order valence-corrected chi connectivity index (χ0v) is 6.32. The Morgan fingerprint density at radius 2 is 0.500 bits per heavy atom. The SMILES string of the molecule is [Ca+2].[Cl-].[Cl-].[Cl-]. The van der Waals surface area contributed by atoms with Crippen molar-refractivity contribution in [2.24, 2.45) is 0 Å². The van der Waals surface area contributed by atoms with Crippen LogP contribution >= 0.6 is 0 Å². The number of rotatable bonds is 0. The van der Waals surface area contributed by atoms with Gasteiger partial charge in [0.25, 0.3) is 0 Å². The van der Waals surface area contributed by atoms with Crippen LogP contribution in [-0.2, 0) is 0 Å². The molecule has 24 valence electrons. The summed E-state index contributed by atoms with van der Waals surface area (Å²) in [6.45, 7) is 0. The predicted octanol–water partition coefficient (Wildman–Crippen LogP) is -9.37. The van der Waals surface area contributed by atoms with Crippen molar-refractivity contribution < 1.29 is 37.2 Å². The van der Waals surface area contributed by atoms with Crippen LogP contribution in [0.3, 0.4) is 0 Å². The largest absolute Gasteiger partial charge is 2.00 e. The van der Waals surface area contributed by atoms with Gasteiger partial charge in [0.2, 0.25) is 0 Å². The minimum atomic E-state index is 0. The van der Waals surface area contributed by atoms with Gasteiger partial charge in [-0.25, -0.2) is 0 Å². The summed E-state index contributed by atoms with van der Waals surface area (Å²) in [4.78, 5) is 0. The normalized spacial score (nSPS) is 0. The van der Waals surface area contributed by atoms with Crippen LogP contribution in [0.15, 0.2) is 0 Å². The standard InChI is InChI=1S/Ca.3ClH/h;3*1H/q+2;;;/p-3. The van der Waals surface area contributed by atoms with Crippen LogP contribution in [0.5, 0.6) is 0 Å². The summed E-state index contributed by atoms with van der Waals surface area (Å²) in [5.41, 5.74) is 0. The van der Waals surface area contributed by atoms with E-state index in [1.807, 2.05) is 0 Å². The van der Waals surface area contributed by atoms with E-state index in [4.69, 9.17) is 0 Å². The van der Waals surface area contributed by atoms with Crippen molar-refractivity contribution in [3.8, 4) is 0 Å². The van der Waals surface area contributed by atoms with E-state index in [-0.39, 0.29) is 75.0 Å². The molecule has 0 aliphatic rings. The number of hydrogen-bond acceptors (Lipinski definition) is 0. The maximum absolute atomic E-state index is 0. The molecule has 0 radical (unpaired) electrons. The van der Waals surface area contributed by atoms with E-state index in [2.05, 4.69) is 0 Å². The molecule has 0 unspecified atom stereocenters. The van der Waals surface area contributed by atoms with Crippen molar-refractivity contribution in [3.05, 3.63) is 0 Å². The first kappa shape index (κ1) is 35.6. The van der Waals surface area contributed by atoms with E-state index >= 15 is 0 Å². The Labute approximate surface area is 73.9 Å². The number of halogens is 3. The van der Waals surface area contributed by atoms with Crippen molar-refractivity contribution in [1.29, 1.82) is 0 Å². The summed E-state index contributed by atoms with van der Waals surface area (Å²) in [6.07, 6.45) is 0. The van der Waals surface area contributed by atoms with Gasteiger partial charge in [0.05, 0.1) is 0 Å². The zero-order chi connectivity index (χ0) is 0. The minimum Gasteiger partial charge on any atom is -1.00 e. The van der Waals surface area contributed by atoms with Crippen molar-refractivity contribution >= 4 is 37.7 Å². The summed E-state index contributed by atoms with van der Waals surface area (Å²) >= 11 is 0. The van der Waals surface area contributed by atoms with E-state index in [1.54, 1.807) is 0 Å². The van der Waals surface area contributed by atoms with Gasteiger partial charge in [0, 0.05) is 0 Å². The van der Waals surface area contributed by atoms with Crippen LogP contribution in [0, 0.1) is 0 Å². The van der Waals surface area contributed by atoms with E-state index in [9.17, 15) is 0 Å². The first-order valence-corrected chi connectivity index (χ1v) is 0. The van der Waals surface area contributed by atoms with E-state index in [0.29, 0.717) is 0 Å². The topological polar surface area (TPSA) is 0 Å². The molecule has 0 spiro atoms. The molecule has 0 N–H and O–H groups in total. The Kier molecular flexibility index (Phi) is 171. The molecule has 4 heavy (non-hydrogen) atoms. The maximum Gasteiger partial charge on any atom is 2.00 e. The molecule has 0 saturated heterocycles. The van der Waals surface area contributed by atoms with Crippen LogP contribution in [0.2, 0.25) is 0 Å². The average molecular weight is 146 g/mol. The molecule has 0 heterocycles. The molecule has 0 bridgehead atoms.